The molecule has 0 saturated heterocycles. The summed E-state index contributed by atoms with van der Waals surface area (Å²) in [4.78, 5) is 4.69. The fourth-order valence-corrected chi connectivity index (χ4v) is 2.71. The normalized spacial score (nSPS) is 14.6. The minimum Gasteiger partial charge on any atom is -0.383 e. The zero-order chi connectivity index (χ0) is 15.0. The van der Waals surface area contributed by atoms with E-state index in [-0.39, 0.29) is 5.82 Å². The molecule has 1 saturated carbocycles. The maximum atomic E-state index is 14.1. The molecule has 1 fully saturated rings. The van der Waals surface area contributed by atoms with Crippen LogP contribution in [-0.4, -0.2) is 9.55 Å². The number of unbranched alkanes of at least 4 members (excludes halogenated alkanes) is 1. The molecular formula is C17H22FN3. The van der Waals surface area contributed by atoms with Crippen molar-refractivity contribution in [1.29, 1.82) is 0 Å². The Balaban J connectivity index is 2.08. The number of nitrogens with zero attached hydrogens (tertiary/aromatic N) is 2. The second-order valence-electron chi connectivity index (χ2n) is 5.97. The van der Waals surface area contributed by atoms with E-state index < -0.39 is 0 Å². The van der Waals surface area contributed by atoms with Crippen molar-refractivity contribution in [3.8, 4) is 11.3 Å². The van der Waals surface area contributed by atoms with Gasteiger partial charge >= 0.3 is 0 Å². The summed E-state index contributed by atoms with van der Waals surface area (Å²) in [6, 6.07) is 5.09. The minimum atomic E-state index is -0.255. The average molecular weight is 287 g/mol. The lowest BCUT2D eigenvalue weighted by molar-refractivity contribution is 0.609. The van der Waals surface area contributed by atoms with Crippen LogP contribution in [0.5, 0.6) is 0 Å². The predicted octanol–water partition coefficient (Wildman–Crippen LogP) is 4.26. The molecule has 1 heterocycles. The van der Waals surface area contributed by atoms with Gasteiger partial charge in [-0.15, -0.1) is 0 Å². The lowest BCUT2D eigenvalue weighted by Gasteiger charge is -2.08. The third kappa shape index (κ3) is 2.67. The highest BCUT2D eigenvalue weighted by molar-refractivity contribution is 5.72. The highest BCUT2D eigenvalue weighted by Gasteiger charge is 2.31. The Hall–Kier alpha value is -1.84. The SMILES string of the molecule is CCCCn1c(C2CC2)nc(-c2cc(C)ccc2F)c1N. The van der Waals surface area contributed by atoms with Crippen molar-refractivity contribution < 1.29 is 4.39 Å². The Morgan fingerprint density at radius 2 is 2.14 bits per heavy atom. The average Bonchev–Trinajstić information content (AvgIpc) is 3.25. The molecule has 0 radical (unpaired) electrons. The Labute approximate surface area is 125 Å². The van der Waals surface area contributed by atoms with Crippen LogP contribution in [0.2, 0.25) is 0 Å². The molecule has 21 heavy (non-hydrogen) atoms. The van der Waals surface area contributed by atoms with Gasteiger partial charge in [-0.2, -0.15) is 0 Å². The van der Waals surface area contributed by atoms with Gasteiger partial charge in [0.1, 0.15) is 23.2 Å². The molecule has 0 unspecified atom stereocenters. The van der Waals surface area contributed by atoms with Gasteiger partial charge in [0.25, 0.3) is 0 Å². The molecule has 0 aliphatic heterocycles. The summed E-state index contributed by atoms with van der Waals surface area (Å²) in [6.07, 6.45) is 4.50. The first-order chi connectivity index (χ1) is 10.1. The number of hydrogen-bond donors (Lipinski definition) is 1. The van der Waals surface area contributed by atoms with Crippen LogP contribution in [-0.2, 0) is 6.54 Å². The summed E-state index contributed by atoms with van der Waals surface area (Å²) in [5, 5.41) is 0. The van der Waals surface area contributed by atoms with Gasteiger partial charge in [-0.1, -0.05) is 25.0 Å². The number of anilines is 1. The van der Waals surface area contributed by atoms with Gasteiger partial charge in [0, 0.05) is 18.0 Å². The number of aromatic nitrogens is 2. The van der Waals surface area contributed by atoms with Crippen LogP contribution in [0.3, 0.4) is 0 Å². The Morgan fingerprint density at radius 1 is 1.38 bits per heavy atom. The van der Waals surface area contributed by atoms with E-state index in [0.717, 1.165) is 43.6 Å². The quantitative estimate of drug-likeness (QED) is 0.893. The number of nitrogen functional groups attached to an aromatic ring is 1. The summed E-state index contributed by atoms with van der Waals surface area (Å²) < 4.78 is 16.2. The molecule has 1 aliphatic rings. The van der Waals surface area contributed by atoms with E-state index >= 15 is 0 Å². The summed E-state index contributed by atoms with van der Waals surface area (Å²) in [7, 11) is 0. The molecule has 0 bridgehead atoms. The number of nitrogens with two attached hydrogens (primary N) is 1. The van der Waals surface area contributed by atoms with Crippen LogP contribution in [0.1, 0.15) is 49.9 Å². The van der Waals surface area contributed by atoms with Crippen LogP contribution in [0.25, 0.3) is 11.3 Å². The van der Waals surface area contributed by atoms with Crippen molar-refractivity contribution in [1.82, 2.24) is 9.55 Å². The molecule has 1 aromatic heterocycles. The van der Waals surface area contributed by atoms with E-state index in [0.29, 0.717) is 23.0 Å². The summed E-state index contributed by atoms with van der Waals surface area (Å²) >= 11 is 0. The highest BCUT2D eigenvalue weighted by atomic mass is 19.1. The highest BCUT2D eigenvalue weighted by Crippen LogP contribution is 2.42. The van der Waals surface area contributed by atoms with Crippen LogP contribution >= 0.6 is 0 Å². The smallest absolute Gasteiger partial charge is 0.132 e. The monoisotopic (exact) mass is 287 g/mol. The molecule has 3 nitrogen and oxygen atoms in total. The number of hydrogen-bond acceptors (Lipinski definition) is 2. The van der Waals surface area contributed by atoms with E-state index in [4.69, 9.17) is 10.7 Å². The van der Waals surface area contributed by atoms with Gasteiger partial charge in [-0.05, 0) is 38.3 Å². The van der Waals surface area contributed by atoms with Crippen molar-refractivity contribution in [2.75, 3.05) is 5.73 Å². The Kier molecular flexibility index (Phi) is 3.70. The standard InChI is InChI=1S/C17H22FN3/c1-3-4-9-21-16(19)15(20-17(21)12-6-7-12)13-10-11(2)5-8-14(13)18/h5,8,10,12H,3-4,6-7,9,19H2,1-2H3. The van der Waals surface area contributed by atoms with E-state index in [1.807, 2.05) is 13.0 Å². The van der Waals surface area contributed by atoms with Crippen molar-refractivity contribution >= 4 is 5.82 Å². The molecule has 2 aromatic rings. The van der Waals surface area contributed by atoms with Crippen LogP contribution in [0.15, 0.2) is 18.2 Å². The third-order valence-electron chi connectivity index (χ3n) is 4.09. The summed E-state index contributed by atoms with van der Waals surface area (Å²) in [5.74, 6) is 1.90. The molecule has 0 atom stereocenters. The molecule has 112 valence electrons. The number of benzene rings is 1. The topological polar surface area (TPSA) is 43.8 Å². The van der Waals surface area contributed by atoms with Crippen molar-refractivity contribution in [2.45, 2.75) is 52.0 Å². The second-order valence-corrected chi connectivity index (χ2v) is 5.97. The number of halogens is 1. The largest absolute Gasteiger partial charge is 0.383 e. The maximum absolute atomic E-state index is 14.1. The number of rotatable bonds is 5. The molecule has 1 aromatic carbocycles. The Morgan fingerprint density at radius 3 is 2.81 bits per heavy atom. The van der Waals surface area contributed by atoms with Crippen molar-refractivity contribution in [3.63, 3.8) is 0 Å². The lowest BCUT2D eigenvalue weighted by atomic mass is 10.1. The molecule has 4 heteroatoms. The zero-order valence-electron chi connectivity index (χ0n) is 12.7. The second kappa shape index (κ2) is 5.51. The van der Waals surface area contributed by atoms with Gasteiger partial charge in [0.2, 0.25) is 0 Å². The first-order valence-corrected chi connectivity index (χ1v) is 7.74. The predicted molar refractivity (Wildman–Crippen MR) is 83.7 cm³/mol. The van der Waals surface area contributed by atoms with Crippen molar-refractivity contribution in [2.24, 2.45) is 0 Å². The Bertz CT molecular complexity index is 656. The first-order valence-electron chi connectivity index (χ1n) is 7.74. The van der Waals surface area contributed by atoms with Crippen molar-refractivity contribution in [3.05, 3.63) is 35.4 Å². The van der Waals surface area contributed by atoms with E-state index in [2.05, 4.69) is 11.5 Å². The summed E-state index contributed by atoms with van der Waals surface area (Å²) in [5.41, 5.74) is 8.43. The minimum absolute atomic E-state index is 0.255. The van der Waals surface area contributed by atoms with Gasteiger partial charge in [-0.25, -0.2) is 9.37 Å². The molecule has 0 spiro atoms. The van der Waals surface area contributed by atoms with Crippen LogP contribution in [0.4, 0.5) is 10.2 Å². The lowest BCUT2D eigenvalue weighted by Crippen LogP contribution is -2.06. The van der Waals surface area contributed by atoms with Gasteiger partial charge in [-0.3, -0.25) is 0 Å². The molecule has 2 N–H and O–H groups in total. The van der Waals surface area contributed by atoms with Crippen LogP contribution < -0.4 is 5.73 Å². The van der Waals surface area contributed by atoms with E-state index in [1.165, 1.54) is 6.07 Å². The third-order valence-corrected chi connectivity index (χ3v) is 4.09. The van der Waals surface area contributed by atoms with E-state index in [1.54, 1.807) is 6.07 Å². The van der Waals surface area contributed by atoms with Gasteiger partial charge in [0.15, 0.2) is 0 Å². The fraction of sp³-hybridized carbons (Fsp3) is 0.471. The first kappa shape index (κ1) is 14.1. The van der Waals surface area contributed by atoms with Gasteiger partial charge in [0.05, 0.1) is 0 Å². The molecular weight excluding hydrogens is 265 g/mol. The molecule has 3 rings (SSSR count). The molecule has 1 aliphatic carbocycles. The summed E-state index contributed by atoms with van der Waals surface area (Å²) in [6.45, 7) is 4.98. The van der Waals surface area contributed by atoms with E-state index in [9.17, 15) is 4.39 Å². The number of aryl methyl sites for hydroxylation is 1. The molecule has 0 amide bonds. The van der Waals surface area contributed by atoms with Crippen LogP contribution in [0, 0.1) is 12.7 Å². The fourth-order valence-electron chi connectivity index (χ4n) is 2.71. The van der Waals surface area contributed by atoms with Gasteiger partial charge < -0.3 is 10.3 Å². The zero-order valence-corrected chi connectivity index (χ0v) is 12.7. The maximum Gasteiger partial charge on any atom is 0.132 e. The number of imidazole rings is 1.